The van der Waals surface area contributed by atoms with Gasteiger partial charge in [0, 0.05) is 16.6 Å². The van der Waals surface area contributed by atoms with Gasteiger partial charge in [0.1, 0.15) is 11.5 Å². The third kappa shape index (κ3) is 3.46. The van der Waals surface area contributed by atoms with Crippen LogP contribution in [0.4, 0.5) is 5.69 Å². The molecular formula is C12H6Br2ClNO3. The third-order valence-electron chi connectivity index (χ3n) is 2.24. The first-order valence-electron chi connectivity index (χ1n) is 5.04. The van der Waals surface area contributed by atoms with E-state index in [4.69, 9.17) is 16.3 Å². The molecule has 2 aromatic carbocycles. The predicted octanol–water partition coefficient (Wildman–Crippen LogP) is 5.57. The number of benzene rings is 2. The zero-order valence-electron chi connectivity index (χ0n) is 9.27. The lowest BCUT2D eigenvalue weighted by Crippen LogP contribution is -1.90. The molecule has 2 rings (SSSR count). The van der Waals surface area contributed by atoms with Crippen molar-refractivity contribution in [1.82, 2.24) is 0 Å². The lowest BCUT2D eigenvalue weighted by atomic mass is 10.3. The highest BCUT2D eigenvalue weighted by molar-refractivity contribution is 9.11. The van der Waals surface area contributed by atoms with Crippen LogP contribution in [-0.2, 0) is 0 Å². The molecule has 0 unspecified atom stereocenters. The Labute approximate surface area is 130 Å². The van der Waals surface area contributed by atoms with Gasteiger partial charge < -0.3 is 4.74 Å². The topological polar surface area (TPSA) is 52.4 Å². The summed E-state index contributed by atoms with van der Waals surface area (Å²) in [6.45, 7) is 0. The molecule has 0 bridgehead atoms. The summed E-state index contributed by atoms with van der Waals surface area (Å²) in [4.78, 5) is 10.1. The molecule has 0 aromatic heterocycles. The van der Waals surface area contributed by atoms with E-state index in [-0.39, 0.29) is 10.7 Å². The van der Waals surface area contributed by atoms with Crippen molar-refractivity contribution in [3.8, 4) is 11.5 Å². The van der Waals surface area contributed by atoms with E-state index in [1.54, 1.807) is 6.07 Å². The van der Waals surface area contributed by atoms with Crippen molar-refractivity contribution in [3.63, 3.8) is 0 Å². The SMILES string of the molecule is O=[N+]([O-])c1ccc(Oc2ccc(Br)cc2Br)c(Cl)c1. The van der Waals surface area contributed by atoms with Crippen molar-refractivity contribution in [2.75, 3.05) is 0 Å². The molecule has 0 heterocycles. The molecule has 0 N–H and O–H groups in total. The maximum absolute atomic E-state index is 10.6. The molecule has 0 aliphatic carbocycles. The van der Waals surface area contributed by atoms with Crippen molar-refractivity contribution in [2.45, 2.75) is 0 Å². The standard InChI is InChI=1S/C12H6Br2ClNO3/c13-7-1-3-11(9(14)5-7)19-12-4-2-8(16(17)18)6-10(12)15/h1-6H. The molecule has 4 nitrogen and oxygen atoms in total. The Hall–Kier alpha value is -1.11. The molecule has 0 fully saturated rings. The third-order valence-corrected chi connectivity index (χ3v) is 3.65. The molecule has 0 radical (unpaired) electrons. The minimum atomic E-state index is -0.509. The second-order valence-electron chi connectivity index (χ2n) is 3.55. The van der Waals surface area contributed by atoms with Gasteiger partial charge in [-0.1, -0.05) is 27.5 Å². The summed E-state index contributed by atoms with van der Waals surface area (Å²) >= 11 is 12.6. The van der Waals surface area contributed by atoms with Crippen LogP contribution >= 0.6 is 43.5 Å². The Morgan fingerprint density at radius 1 is 1.11 bits per heavy atom. The quantitative estimate of drug-likeness (QED) is 0.494. The first-order chi connectivity index (χ1) is 8.97. The number of rotatable bonds is 3. The Kier molecular flexibility index (Phi) is 4.44. The number of ether oxygens (including phenoxy) is 1. The van der Waals surface area contributed by atoms with Gasteiger partial charge in [0.2, 0.25) is 0 Å². The molecule has 7 heteroatoms. The molecule has 98 valence electrons. The predicted molar refractivity (Wildman–Crippen MR) is 80.0 cm³/mol. The van der Waals surface area contributed by atoms with Crippen LogP contribution in [0.5, 0.6) is 11.5 Å². The van der Waals surface area contributed by atoms with E-state index in [2.05, 4.69) is 31.9 Å². The van der Waals surface area contributed by atoms with Gasteiger partial charge in [-0.3, -0.25) is 10.1 Å². The van der Waals surface area contributed by atoms with Gasteiger partial charge >= 0.3 is 0 Å². The number of nitro benzene ring substituents is 1. The highest BCUT2D eigenvalue weighted by atomic mass is 79.9. The van der Waals surface area contributed by atoms with Crippen molar-refractivity contribution >= 4 is 49.1 Å². The average Bonchev–Trinajstić information content (AvgIpc) is 2.34. The fraction of sp³-hybridized carbons (Fsp3) is 0. The largest absolute Gasteiger partial charge is 0.455 e. The second-order valence-corrected chi connectivity index (χ2v) is 5.73. The Balaban J connectivity index is 2.31. The summed E-state index contributed by atoms with van der Waals surface area (Å²) in [6.07, 6.45) is 0. The maximum atomic E-state index is 10.6. The highest BCUT2D eigenvalue weighted by Crippen LogP contribution is 2.36. The van der Waals surface area contributed by atoms with Crippen molar-refractivity contribution in [3.05, 3.63) is 60.5 Å². The van der Waals surface area contributed by atoms with Gasteiger partial charge in [0.05, 0.1) is 14.4 Å². The molecule has 0 spiro atoms. The number of nitrogens with zero attached hydrogens (tertiary/aromatic N) is 1. The molecule has 0 amide bonds. The van der Waals surface area contributed by atoms with Gasteiger partial charge in [-0.15, -0.1) is 0 Å². The summed E-state index contributed by atoms with van der Waals surface area (Å²) < 4.78 is 7.26. The first kappa shape index (κ1) is 14.3. The lowest BCUT2D eigenvalue weighted by Gasteiger charge is -2.09. The summed E-state index contributed by atoms with van der Waals surface area (Å²) in [7, 11) is 0. The fourth-order valence-corrected chi connectivity index (χ4v) is 2.70. The average molecular weight is 407 g/mol. The molecule has 0 atom stereocenters. The number of hydrogen-bond donors (Lipinski definition) is 0. The molecule has 0 aliphatic rings. The van der Waals surface area contributed by atoms with Crippen LogP contribution in [0.2, 0.25) is 5.02 Å². The minimum absolute atomic E-state index is 0.0766. The molecule has 0 aliphatic heterocycles. The van der Waals surface area contributed by atoms with E-state index in [1.807, 2.05) is 12.1 Å². The minimum Gasteiger partial charge on any atom is -0.455 e. The highest BCUT2D eigenvalue weighted by Gasteiger charge is 2.12. The van der Waals surface area contributed by atoms with Crippen LogP contribution in [-0.4, -0.2) is 4.92 Å². The van der Waals surface area contributed by atoms with Crippen LogP contribution < -0.4 is 4.74 Å². The summed E-state index contributed by atoms with van der Waals surface area (Å²) in [5.74, 6) is 0.925. The van der Waals surface area contributed by atoms with E-state index in [9.17, 15) is 10.1 Å². The van der Waals surface area contributed by atoms with Gasteiger partial charge in [0.15, 0.2) is 0 Å². The van der Waals surface area contributed by atoms with Gasteiger partial charge in [-0.2, -0.15) is 0 Å². The van der Waals surface area contributed by atoms with Crippen molar-refractivity contribution in [2.24, 2.45) is 0 Å². The van der Waals surface area contributed by atoms with E-state index in [1.165, 1.54) is 18.2 Å². The van der Waals surface area contributed by atoms with Gasteiger partial charge in [0.25, 0.3) is 5.69 Å². The maximum Gasteiger partial charge on any atom is 0.271 e. The first-order valence-corrected chi connectivity index (χ1v) is 7.00. The zero-order valence-corrected chi connectivity index (χ0v) is 13.2. The van der Waals surface area contributed by atoms with Gasteiger partial charge in [-0.05, 0) is 40.2 Å². The summed E-state index contributed by atoms with van der Waals surface area (Å²) in [5, 5.41) is 10.8. The second kappa shape index (κ2) is 5.90. The van der Waals surface area contributed by atoms with Crippen LogP contribution in [0.1, 0.15) is 0 Å². The fourth-order valence-electron chi connectivity index (χ4n) is 1.36. The summed E-state index contributed by atoms with van der Waals surface area (Å²) in [6, 6.07) is 9.46. The van der Waals surface area contributed by atoms with Crippen LogP contribution in [0.25, 0.3) is 0 Å². The number of nitro groups is 1. The number of hydrogen-bond acceptors (Lipinski definition) is 3. The van der Waals surface area contributed by atoms with E-state index >= 15 is 0 Å². The Bertz CT molecular complexity index is 649. The smallest absolute Gasteiger partial charge is 0.271 e. The molecule has 19 heavy (non-hydrogen) atoms. The molecule has 0 saturated heterocycles. The monoisotopic (exact) mass is 405 g/mol. The van der Waals surface area contributed by atoms with Crippen LogP contribution in [0.15, 0.2) is 45.3 Å². The normalized spacial score (nSPS) is 10.3. The van der Waals surface area contributed by atoms with Crippen molar-refractivity contribution in [1.29, 1.82) is 0 Å². The van der Waals surface area contributed by atoms with E-state index in [0.717, 1.165) is 8.95 Å². The van der Waals surface area contributed by atoms with Crippen LogP contribution in [0.3, 0.4) is 0 Å². The summed E-state index contributed by atoms with van der Waals surface area (Å²) in [5.41, 5.74) is -0.0766. The molecule has 0 saturated carbocycles. The molecular weight excluding hydrogens is 401 g/mol. The number of halogens is 3. The molecule has 2 aromatic rings. The van der Waals surface area contributed by atoms with E-state index in [0.29, 0.717) is 11.5 Å². The Morgan fingerprint density at radius 3 is 2.37 bits per heavy atom. The number of non-ortho nitro benzene ring substituents is 1. The Morgan fingerprint density at radius 2 is 1.79 bits per heavy atom. The lowest BCUT2D eigenvalue weighted by molar-refractivity contribution is -0.384. The van der Waals surface area contributed by atoms with Crippen molar-refractivity contribution < 1.29 is 9.66 Å². The van der Waals surface area contributed by atoms with Gasteiger partial charge in [-0.25, -0.2) is 0 Å². The van der Waals surface area contributed by atoms with E-state index < -0.39 is 4.92 Å². The zero-order chi connectivity index (χ0) is 14.0. The van der Waals surface area contributed by atoms with Crippen LogP contribution in [0, 0.1) is 10.1 Å².